The maximum atomic E-state index is 13.6. The van der Waals surface area contributed by atoms with Gasteiger partial charge in [-0.1, -0.05) is 13.8 Å². The lowest BCUT2D eigenvalue weighted by Crippen LogP contribution is -2.38. The molecular formula is C25H27NO5. The Morgan fingerprint density at radius 1 is 1.16 bits per heavy atom. The Balaban J connectivity index is 1.60. The summed E-state index contributed by atoms with van der Waals surface area (Å²) in [7, 11) is 2.01. The molecule has 0 bridgehead atoms. The number of benzene rings is 2. The molecule has 1 aliphatic heterocycles. The number of hydrogen-bond acceptors (Lipinski definition) is 5. The second kappa shape index (κ2) is 7.39. The zero-order valence-electron chi connectivity index (χ0n) is 18.1. The number of carbonyl (C=O) groups is 1. The van der Waals surface area contributed by atoms with Crippen LogP contribution in [0.3, 0.4) is 0 Å². The number of ketones is 1. The molecule has 162 valence electrons. The van der Waals surface area contributed by atoms with E-state index in [1.54, 1.807) is 0 Å². The van der Waals surface area contributed by atoms with E-state index in [0.717, 1.165) is 33.5 Å². The highest BCUT2D eigenvalue weighted by Gasteiger charge is 2.41. The van der Waals surface area contributed by atoms with Crippen molar-refractivity contribution in [1.82, 2.24) is 4.57 Å². The van der Waals surface area contributed by atoms with Gasteiger partial charge in [0.1, 0.15) is 17.6 Å². The van der Waals surface area contributed by atoms with Crippen LogP contribution in [0.1, 0.15) is 47.4 Å². The highest BCUT2D eigenvalue weighted by Crippen LogP contribution is 2.46. The Kier molecular flexibility index (Phi) is 4.79. The fraction of sp³-hybridized carbons (Fsp3) is 0.400. The van der Waals surface area contributed by atoms with Gasteiger partial charge in [-0.2, -0.15) is 0 Å². The first-order valence-corrected chi connectivity index (χ1v) is 10.7. The van der Waals surface area contributed by atoms with E-state index in [0.29, 0.717) is 37.6 Å². The fourth-order valence-electron chi connectivity index (χ4n) is 4.77. The maximum Gasteiger partial charge on any atom is 0.195 e. The number of carbonyl (C=O) groups excluding carboxylic acids is 1. The third-order valence-corrected chi connectivity index (χ3v) is 6.38. The predicted octanol–water partition coefficient (Wildman–Crippen LogP) is 3.59. The van der Waals surface area contributed by atoms with Gasteiger partial charge in [-0.05, 0) is 35.9 Å². The van der Waals surface area contributed by atoms with Crippen molar-refractivity contribution in [3.8, 4) is 11.5 Å². The average Bonchev–Trinajstić information content (AvgIpc) is 3.03. The Labute approximate surface area is 181 Å². The van der Waals surface area contributed by atoms with Crippen molar-refractivity contribution in [2.75, 3.05) is 26.4 Å². The molecule has 0 spiro atoms. The number of aliphatic hydroxyl groups is 1. The molecule has 5 rings (SSSR count). The van der Waals surface area contributed by atoms with Crippen LogP contribution in [0.25, 0.3) is 10.9 Å². The van der Waals surface area contributed by atoms with Crippen LogP contribution in [0.15, 0.2) is 36.4 Å². The molecule has 0 unspecified atom stereocenters. The van der Waals surface area contributed by atoms with Crippen molar-refractivity contribution in [1.29, 1.82) is 0 Å². The number of aromatic nitrogens is 1. The van der Waals surface area contributed by atoms with Crippen LogP contribution < -0.4 is 9.47 Å². The molecule has 0 radical (unpaired) electrons. The average molecular weight is 421 g/mol. The second-order valence-electron chi connectivity index (χ2n) is 8.83. The van der Waals surface area contributed by atoms with E-state index < -0.39 is 0 Å². The van der Waals surface area contributed by atoms with Crippen molar-refractivity contribution in [3.05, 3.63) is 58.8 Å². The van der Waals surface area contributed by atoms with Crippen molar-refractivity contribution in [3.63, 3.8) is 0 Å². The van der Waals surface area contributed by atoms with Gasteiger partial charge in [-0.3, -0.25) is 4.79 Å². The van der Waals surface area contributed by atoms with Gasteiger partial charge in [-0.15, -0.1) is 0 Å². The molecule has 6 heteroatoms. The zero-order chi connectivity index (χ0) is 21.8. The molecule has 1 N–H and O–H groups in total. The van der Waals surface area contributed by atoms with Crippen LogP contribution >= 0.6 is 0 Å². The summed E-state index contributed by atoms with van der Waals surface area (Å²) in [6.45, 7) is 6.06. The van der Waals surface area contributed by atoms with Crippen LogP contribution in [0.4, 0.5) is 0 Å². The molecule has 2 heterocycles. The normalized spacial score (nSPS) is 17.2. The largest absolute Gasteiger partial charge is 0.493 e. The Hall–Kier alpha value is -2.83. The highest BCUT2D eigenvalue weighted by atomic mass is 16.6. The number of rotatable bonds is 6. The van der Waals surface area contributed by atoms with Gasteiger partial charge in [0, 0.05) is 48.2 Å². The molecule has 6 nitrogen and oxygen atoms in total. The summed E-state index contributed by atoms with van der Waals surface area (Å²) in [6, 6.07) is 11.6. The molecule has 0 amide bonds. The minimum atomic E-state index is -0.383. The first-order chi connectivity index (χ1) is 14.9. The van der Waals surface area contributed by atoms with E-state index in [-0.39, 0.29) is 23.9 Å². The predicted molar refractivity (Wildman–Crippen MR) is 117 cm³/mol. The summed E-state index contributed by atoms with van der Waals surface area (Å²) in [4.78, 5) is 13.6. The van der Waals surface area contributed by atoms with Gasteiger partial charge in [0.25, 0.3) is 0 Å². The number of fused-ring (bicyclic) bond motifs is 4. The molecule has 2 aromatic carbocycles. The molecule has 0 saturated carbocycles. The molecule has 1 saturated heterocycles. The lowest BCUT2D eigenvalue weighted by molar-refractivity contribution is -0.0796. The monoisotopic (exact) mass is 421 g/mol. The molecule has 31 heavy (non-hydrogen) atoms. The molecule has 3 aromatic rings. The van der Waals surface area contributed by atoms with Crippen LogP contribution in [0.2, 0.25) is 0 Å². The van der Waals surface area contributed by atoms with Gasteiger partial charge >= 0.3 is 0 Å². The summed E-state index contributed by atoms with van der Waals surface area (Å²) < 4.78 is 19.1. The third-order valence-electron chi connectivity index (χ3n) is 6.38. The molecule has 1 fully saturated rings. The Bertz CT molecular complexity index is 1170. The lowest BCUT2D eigenvalue weighted by Gasteiger charge is -2.33. The van der Waals surface area contributed by atoms with E-state index in [4.69, 9.17) is 19.3 Å². The smallest absolute Gasteiger partial charge is 0.195 e. The van der Waals surface area contributed by atoms with E-state index in [1.807, 2.05) is 43.4 Å². The van der Waals surface area contributed by atoms with Gasteiger partial charge < -0.3 is 23.9 Å². The van der Waals surface area contributed by atoms with E-state index in [2.05, 4.69) is 18.4 Å². The van der Waals surface area contributed by atoms with Crippen molar-refractivity contribution >= 4 is 16.7 Å². The standard InChI is InChI=1S/C25H27NO5/c1-25(2)20-11-15(30-10-4-9-27)5-7-18(20)23(28)22-19-8-6-16(31-17-13-29-14-17)12-21(19)26(3)24(22)25/h5-8,11-12,17,27H,4,9-10,13-14H2,1-3H3. The quantitative estimate of drug-likeness (QED) is 0.616. The number of aryl methyl sites for hydroxylation is 1. The van der Waals surface area contributed by atoms with Crippen LogP contribution in [-0.4, -0.2) is 48.0 Å². The molecular weight excluding hydrogens is 394 g/mol. The minimum Gasteiger partial charge on any atom is -0.493 e. The van der Waals surface area contributed by atoms with Gasteiger partial charge in [-0.25, -0.2) is 0 Å². The summed E-state index contributed by atoms with van der Waals surface area (Å²) in [5.74, 6) is 1.55. The van der Waals surface area contributed by atoms with Crippen LogP contribution in [0.5, 0.6) is 11.5 Å². The maximum absolute atomic E-state index is 13.6. The highest BCUT2D eigenvalue weighted by molar-refractivity contribution is 6.20. The first kappa shape index (κ1) is 20.1. The summed E-state index contributed by atoms with van der Waals surface area (Å²) in [5, 5.41) is 9.95. The van der Waals surface area contributed by atoms with E-state index in [9.17, 15) is 4.79 Å². The SMILES string of the molecule is Cn1c2c(c3ccc(OC4COC4)cc31)C(=O)c1ccc(OCCCO)cc1C2(C)C. The lowest BCUT2D eigenvalue weighted by atomic mass is 9.71. The van der Waals surface area contributed by atoms with Crippen molar-refractivity contribution in [2.45, 2.75) is 31.8 Å². The third kappa shape index (κ3) is 3.13. The summed E-state index contributed by atoms with van der Waals surface area (Å²) in [5.41, 5.74) is 4.04. The Morgan fingerprint density at radius 3 is 2.65 bits per heavy atom. The molecule has 0 atom stereocenters. The minimum absolute atomic E-state index is 0.0397. The topological polar surface area (TPSA) is 69.9 Å². The fourth-order valence-corrected chi connectivity index (χ4v) is 4.77. The zero-order valence-corrected chi connectivity index (χ0v) is 18.1. The van der Waals surface area contributed by atoms with Gasteiger partial charge in [0.15, 0.2) is 5.78 Å². The first-order valence-electron chi connectivity index (χ1n) is 10.7. The van der Waals surface area contributed by atoms with Crippen LogP contribution in [0, 0.1) is 0 Å². The number of aliphatic hydroxyl groups excluding tert-OH is 1. The number of hydrogen-bond donors (Lipinski definition) is 1. The van der Waals surface area contributed by atoms with Gasteiger partial charge in [0.2, 0.25) is 0 Å². The van der Waals surface area contributed by atoms with Crippen molar-refractivity contribution < 1.29 is 24.1 Å². The molecule has 2 aliphatic rings. The number of ether oxygens (including phenoxy) is 3. The van der Waals surface area contributed by atoms with E-state index >= 15 is 0 Å². The van der Waals surface area contributed by atoms with Crippen LogP contribution in [-0.2, 0) is 17.2 Å². The number of nitrogens with zero attached hydrogens (tertiary/aromatic N) is 1. The molecule has 1 aliphatic carbocycles. The van der Waals surface area contributed by atoms with E-state index in [1.165, 1.54) is 0 Å². The van der Waals surface area contributed by atoms with Crippen molar-refractivity contribution in [2.24, 2.45) is 7.05 Å². The summed E-state index contributed by atoms with van der Waals surface area (Å²) >= 11 is 0. The summed E-state index contributed by atoms with van der Waals surface area (Å²) in [6.07, 6.45) is 0.670. The molecule has 1 aromatic heterocycles. The Morgan fingerprint density at radius 2 is 1.94 bits per heavy atom. The van der Waals surface area contributed by atoms with Gasteiger partial charge in [0.05, 0.1) is 30.9 Å². The second-order valence-corrected chi connectivity index (χ2v) is 8.83.